The first-order valence-electron chi connectivity index (χ1n) is 8.49. The molecular weight excluding hydrogens is 328 g/mol. The minimum atomic E-state index is -0.128. The van der Waals surface area contributed by atoms with Crippen LogP contribution >= 0.6 is 0 Å². The van der Waals surface area contributed by atoms with Crippen molar-refractivity contribution >= 4 is 11.5 Å². The van der Waals surface area contributed by atoms with Crippen molar-refractivity contribution in [3.05, 3.63) is 78.2 Å². The predicted octanol–water partition coefficient (Wildman–Crippen LogP) is 3.98. The zero-order chi connectivity index (χ0) is 17.9. The molecular formula is C21H18N2O3. The topological polar surface area (TPSA) is 66.6 Å². The Hall–Kier alpha value is -3.34. The highest BCUT2D eigenvalue weighted by molar-refractivity contribution is 5.93. The Morgan fingerprint density at radius 3 is 2.50 bits per heavy atom. The highest BCUT2D eigenvalue weighted by Crippen LogP contribution is 2.25. The van der Waals surface area contributed by atoms with Gasteiger partial charge in [-0.2, -0.15) is 0 Å². The van der Waals surface area contributed by atoms with Crippen molar-refractivity contribution < 1.29 is 14.3 Å². The molecule has 26 heavy (non-hydrogen) atoms. The molecule has 0 radical (unpaired) electrons. The normalized spacial score (nSPS) is 14.2. The lowest BCUT2D eigenvalue weighted by Gasteiger charge is -2.25. The molecule has 1 N–H and O–H groups in total. The molecule has 4 rings (SSSR count). The first kappa shape index (κ1) is 16.1. The lowest BCUT2D eigenvalue weighted by atomic mass is 9.99. The average Bonchev–Trinajstić information content (AvgIpc) is 3.19. The summed E-state index contributed by atoms with van der Waals surface area (Å²) >= 11 is 0. The summed E-state index contributed by atoms with van der Waals surface area (Å²) in [5, 5.41) is 9.39. The number of phenols is 1. The van der Waals surface area contributed by atoms with Gasteiger partial charge in [-0.1, -0.05) is 36.4 Å². The molecule has 0 aliphatic carbocycles. The molecule has 1 amide bonds. The Labute approximate surface area is 151 Å². The molecule has 0 saturated carbocycles. The van der Waals surface area contributed by atoms with Crippen molar-refractivity contribution in [2.24, 2.45) is 0 Å². The van der Waals surface area contributed by atoms with Crippen LogP contribution in [0.3, 0.4) is 0 Å². The number of carbonyl (C=O) groups excluding carboxylic acids is 1. The number of hydrogen-bond donors (Lipinski definition) is 1. The molecule has 0 spiro atoms. The molecule has 2 heterocycles. The minimum absolute atomic E-state index is 0.128. The van der Waals surface area contributed by atoms with Gasteiger partial charge >= 0.3 is 0 Å². The van der Waals surface area contributed by atoms with Crippen LogP contribution in [0.4, 0.5) is 0 Å². The van der Waals surface area contributed by atoms with E-state index in [-0.39, 0.29) is 11.7 Å². The maximum Gasteiger partial charge on any atom is 0.276 e. The molecule has 5 nitrogen and oxygen atoms in total. The summed E-state index contributed by atoms with van der Waals surface area (Å²) < 4.78 is 5.47. The van der Waals surface area contributed by atoms with Gasteiger partial charge in [0.1, 0.15) is 12.0 Å². The van der Waals surface area contributed by atoms with Crippen molar-refractivity contribution in [2.75, 3.05) is 13.1 Å². The van der Waals surface area contributed by atoms with E-state index in [1.807, 2.05) is 48.5 Å². The average molecular weight is 346 g/mol. The summed E-state index contributed by atoms with van der Waals surface area (Å²) in [5.41, 5.74) is 3.42. The van der Waals surface area contributed by atoms with Gasteiger partial charge in [0.2, 0.25) is 5.89 Å². The second-order valence-electron chi connectivity index (χ2n) is 6.18. The summed E-state index contributed by atoms with van der Waals surface area (Å²) in [5.74, 6) is 0.574. The molecule has 0 atom stereocenters. The van der Waals surface area contributed by atoms with E-state index in [1.54, 1.807) is 17.0 Å². The summed E-state index contributed by atoms with van der Waals surface area (Å²) in [6, 6.07) is 16.7. The van der Waals surface area contributed by atoms with Gasteiger partial charge in [0, 0.05) is 18.7 Å². The minimum Gasteiger partial charge on any atom is -0.508 e. The molecule has 1 aromatic heterocycles. The van der Waals surface area contributed by atoms with Crippen LogP contribution in [-0.4, -0.2) is 34.0 Å². The van der Waals surface area contributed by atoms with Gasteiger partial charge in [0.05, 0.1) is 0 Å². The summed E-state index contributed by atoms with van der Waals surface area (Å²) in [6.07, 6.45) is 4.23. The molecule has 1 aliphatic heterocycles. The van der Waals surface area contributed by atoms with Crippen molar-refractivity contribution in [1.82, 2.24) is 9.88 Å². The Morgan fingerprint density at radius 1 is 1.04 bits per heavy atom. The monoisotopic (exact) mass is 346 g/mol. The molecule has 0 saturated heterocycles. The smallest absolute Gasteiger partial charge is 0.276 e. The lowest BCUT2D eigenvalue weighted by molar-refractivity contribution is 0.0767. The summed E-state index contributed by atoms with van der Waals surface area (Å²) in [4.78, 5) is 18.8. The number of aromatic nitrogens is 1. The van der Waals surface area contributed by atoms with E-state index in [0.717, 1.165) is 17.5 Å². The Balaban J connectivity index is 1.47. The quantitative estimate of drug-likeness (QED) is 0.779. The molecule has 3 aromatic rings. The molecule has 0 fully saturated rings. The van der Waals surface area contributed by atoms with Crippen LogP contribution in [0.1, 0.15) is 22.5 Å². The van der Waals surface area contributed by atoms with Crippen LogP contribution in [0.5, 0.6) is 5.75 Å². The van der Waals surface area contributed by atoms with E-state index in [1.165, 1.54) is 11.8 Å². The van der Waals surface area contributed by atoms with Gasteiger partial charge in [-0.3, -0.25) is 4.79 Å². The SMILES string of the molecule is O=C(c1coc(-c2ccccc2)n1)N1CC=C(c2ccc(O)cc2)CC1. The number of amides is 1. The first-order valence-corrected chi connectivity index (χ1v) is 8.49. The van der Waals surface area contributed by atoms with E-state index in [0.29, 0.717) is 24.7 Å². The Morgan fingerprint density at radius 2 is 1.81 bits per heavy atom. The molecule has 2 aromatic carbocycles. The van der Waals surface area contributed by atoms with Gasteiger partial charge in [-0.15, -0.1) is 0 Å². The second kappa shape index (κ2) is 6.88. The van der Waals surface area contributed by atoms with Crippen LogP contribution in [0, 0.1) is 0 Å². The van der Waals surface area contributed by atoms with Crippen LogP contribution < -0.4 is 0 Å². The lowest BCUT2D eigenvalue weighted by Crippen LogP contribution is -2.34. The van der Waals surface area contributed by atoms with E-state index in [4.69, 9.17) is 4.42 Å². The molecule has 0 bridgehead atoms. The van der Waals surface area contributed by atoms with Crippen LogP contribution in [0.2, 0.25) is 0 Å². The number of phenolic OH excluding ortho intramolecular Hbond substituents is 1. The number of oxazole rings is 1. The fraction of sp³-hybridized carbons (Fsp3) is 0.143. The van der Waals surface area contributed by atoms with Gasteiger partial charge in [-0.05, 0) is 41.8 Å². The summed E-state index contributed by atoms with van der Waals surface area (Å²) in [7, 11) is 0. The number of hydrogen-bond acceptors (Lipinski definition) is 4. The van der Waals surface area contributed by atoms with Crippen molar-refractivity contribution in [1.29, 1.82) is 0 Å². The third kappa shape index (κ3) is 3.24. The Bertz CT molecular complexity index is 943. The standard InChI is InChI=1S/C21H18N2O3/c24-18-8-6-15(7-9-18)16-10-12-23(13-11-16)21(25)19-14-26-20(22-19)17-4-2-1-3-5-17/h1-10,14,24H,11-13H2. The number of benzene rings is 2. The molecule has 1 aliphatic rings. The van der Waals surface area contributed by atoms with Crippen molar-refractivity contribution in [3.8, 4) is 17.2 Å². The van der Waals surface area contributed by atoms with Crippen molar-refractivity contribution in [3.63, 3.8) is 0 Å². The largest absolute Gasteiger partial charge is 0.508 e. The predicted molar refractivity (Wildman–Crippen MR) is 98.5 cm³/mol. The fourth-order valence-corrected chi connectivity index (χ4v) is 3.04. The van der Waals surface area contributed by atoms with Gasteiger partial charge in [0.15, 0.2) is 5.69 Å². The fourth-order valence-electron chi connectivity index (χ4n) is 3.04. The van der Waals surface area contributed by atoms with Crippen LogP contribution in [0.25, 0.3) is 17.0 Å². The number of carbonyl (C=O) groups is 1. The third-order valence-electron chi connectivity index (χ3n) is 4.48. The highest BCUT2D eigenvalue weighted by Gasteiger charge is 2.22. The van der Waals surface area contributed by atoms with Crippen molar-refractivity contribution in [2.45, 2.75) is 6.42 Å². The third-order valence-corrected chi connectivity index (χ3v) is 4.48. The zero-order valence-corrected chi connectivity index (χ0v) is 14.1. The molecule has 130 valence electrons. The zero-order valence-electron chi connectivity index (χ0n) is 14.1. The van der Waals surface area contributed by atoms with E-state index in [9.17, 15) is 9.90 Å². The van der Waals surface area contributed by atoms with Gasteiger partial charge in [0.25, 0.3) is 5.91 Å². The van der Waals surface area contributed by atoms with Gasteiger partial charge in [-0.25, -0.2) is 4.98 Å². The number of nitrogens with zero attached hydrogens (tertiary/aromatic N) is 2. The summed E-state index contributed by atoms with van der Waals surface area (Å²) in [6.45, 7) is 1.15. The Kier molecular flexibility index (Phi) is 4.27. The van der Waals surface area contributed by atoms with Crippen LogP contribution in [-0.2, 0) is 0 Å². The number of aromatic hydroxyl groups is 1. The van der Waals surface area contributed by atoms with E-state index >= 15 is 0 Å². The highest BCUT2D eigenvalue weighted by atomic mass is 16.3. The maximum atomic E-state index is 12.7. The van der Waals surface area contributed by atoms with E-state index in [2.05, 4.69) is 4.98 Å². The number of rotatable bonds is 3. The molecule has 5 heteroatoms. The second-order valence-corrected chi connectivity index (χ2v) is 6.18. The molecule has 0 unspecified atom stereocenters. The first-order chi connectivity index (χ1) is 12.7. The maximum absolute atomic E-state index is 12.7. The van der Waals surface area contributed by atoms with E-state index < -0.39 is 0 Å². The van der Waals surface area contributed by atoms with Gasteiger partial charge < -0.3 is 14.4 Å². The van der Waals surface area contributed by atoms with Crippen LogP contribution in [0.15, 0.2) is 71.4 Å².